The molecule has 0 saturated heterocycles. The van der Waals surface area contributed by atoms with Gasteiger partial charge in [0.1, 0.15) is 11.5 Å². The minimum atomic E-state index is 0.608. The molecule has 8 aromatic rings. The lowest BCUT2D eigenvalue weighted by molar-refractivity contribution is 0.483. The largest absolute Gasteiger partial charge is 0.457 e. The van der Waals surface area contributed by atoms with Gasteiger partial charge in [-0.1, -0.05) is 132 Å². The summed E-state index contributed by atoms with van der Waals surface area (Å²) in [7, 11) is 0. The third kappa shape index (κ3) is 7.22. The highest BCUT2D eigenvalue weighted by Gasteiger charge is 2.13. The van der Waals surface area contributed by atoms with Crippen molar-refractivity contribution >= 4 is 0 Å². The van der Waals surface area contributed by atoms with Gasteiger partial charge in [0.2, 0.25) is 0 Å². The van der Waals surface area contributed by atoms with Gasteiger partial charge in [-0.2, -0.15) is 0 Å². The van der Waals surface area contributed by atoms with Crippen molar-refractivity contribution in [1.29, 1.82) is 0 Å². The normalized spacial score (nSPS) is 10.9. The maximum atomic E-state index is 6.30. The van der Waals surface area contributed by atoms with E-state index in [0.717, 1.165) is 39.3 Å². The van der Waals surface area contributed by atoms with E-state index in [1.165, 1.54) is 33.4 Å². The number of rotatable bonds is 8. The van der Waals surface area contributed by atoms with Crippen LogP contribution < -0.4 is 4.74 Å². The highest BCUT2D eigenvalue weighted by molar-refractivity contribution is 5.81. The number of hydrogen-bond acceptors (Lipinski definition) is 4. The molecule has 51 heavy (non-hydrogen) atoms. The summed E-state index contributed by atoms with van der Waals surface area (Å²) >= 11 is 0. The highest BCUT2D eigenvalue weighted by atomic mass is 16.5. The van der Waals surface area contributed by atoms with Gasteiger partial charge in [0, 0.05) is 16.7 Å². The average Bonchev–Trinajstić information content (AvgIpc) is 3.19. The van der Waals surface area contributed by atoms with E-state index in [-0.39, 0.29) is 0 Å². The predicted octanol–water partition coefficient (Wildman–Crippen LogP) is 12.3. The first-order valence-corrected chi connectivity index (χ1v) is 17.1. The summed E-state index contributed by atoms with van der Waals surface area (Å²) in [5, 5.41) is 0. The Labute approximate surface area is 298 Å². The summed E-state index contributed by atoms with van der Waals surface area (Å²) in [6, 6.07) is 60.5. The molecule has 0 N–H and O–H groups in total. The van der Waals surface area contributed by atoms with Crippen molar-refractivity contribution in [2.75, 3.05) is 0 Å². The lowest BCUT2D eigenvalue weighted by Crippen LogP contribution is -2.00. The highest BCUT2D eigenvalue weighted by Crippen LogP contribution is 2.35. The molecule has 0 amide bonds. The molecule has 0 fully saturated rings. The Morgan fingerprint density at radius 3 is 0.941 bits per heavy atom. The number of benzene rings is 7. The van der Waals surface area contributed by atoms with Crippen molar-refractivity contribution in [3.8, 4) is 79.0 Å². The zero-order valence-corrected chi connectivity index (χ0v) is 28.5. The van der Waals surface area contributed by atoms with E-state index in [1.807, 2.05) is 97.1 Å². The smallest absolute Gasteiger partial charge is 0.164 e. The summed E-state index contributed by atoms with van der Waals surface area (Å²) in [6.45, 7) is 4.24. The van der Waals surface area contributed by atoms with Crippen LogP contribution in [0.4, 0.5) is 0 Å². The second-order valence-corrected chi connectivity index (χ2v) is 12.7. The number of aromatic nitrogens is 3. The molecule has 0 bridgehead atoms. The Kier molecular flexibility index (Phi) is 8.72. The number of nitrogens with zero attached hydrogens (tertiary/aromatic N) is 3. The number of aryl methyl sites for hydroxylation is 2. The molecular weight excluding hydrogens is 623 g/mol. The molecule has 0 aliphatic heterocycles. The Morgan fingerprint density at radius 2 is 0.588 bits per heavy atom. The van der Waals surface area contributed by atoms with Gasteiger partial charge in [-0.15, -0.1) is 0 Å². The van der Waals surface area contributed by atoms with Crippen LogP contribution in [0.5, 0.6) is 11.5 Å². The van der Waals surface area contributed by atoms with Crippen molar-refractivity contribution in [3.63, 3.8) is 0 Å². The molecule has 0 saturated carbocycles. The molecule has 0 atom stereocenters. The van der Waals surface area contributed by atoms with Gasteiger partial charge in [0.25, 0.3) is 0 Å². The van der Waals surface area contributed by atoms with Gasteiger partial charge in [-0.25, -0.2) is 15.0 Å². The third-order valence-corrected chi connectivity index (χ3v) is 8.94. The molecule has 0 unspecified atom stereocenters. The zero-order valence-electron chi connectivity index (χ0n) is 28.5. The first kappa shape index (κ1) is 31.6. The van der Waals surface area contributed by atoms with Crippen LogP contribution in [0.1, 0.15) is 11.1 Å². The van der Waals surface area contributed by atoms with Gasteiger partial charge >= 0.3 is 0 Å². The van der Waals surface area contributed by atoms with E-state index in [1.54, 1.807) is 0 Å². The molecule has 0 spiro atoms. The van der Waals surface area contributed by atoms with Crippen LogP contribution in [0.2, 0.25) is 0 Å². The van der Waals surface area contributed by atoms with Crippen LogP contribution in [0.3, 0.4) is 0 Å². The van der Waals surface area contributed by atoms with Gasteiger partial charge < -0.3 is 4.74 Å². The Balaban J connectivity index is 1.06. The number of ether oxygens (including phenoxy) is 1. The van der Waals surface area contributed by atoms with Gasteiger partial charge in [-0.05, 0) is 102 Å². The van der Waals surface area contributed by atoms with Crippen molar-refractivity contribution in [2.45, 2.75) is 13.8 Å². The lowest BCUT2D eigenvalue weighted by Gasteiger charge is -2.13. The van der Waals surface area contributed by atoms with Gasteiger partial charge in [-0.3, -0.25) is 0 Å². The van der Waals surface area contributed by atoms with Crippen LogP contribution in [-0.2, 0) is 0 Å². The Morgan fingerprint density at radius 1 is 0.294 bits per heavy atom. The molecule has 4 nitrogen and oxygen atoms in total. The fraction of sp³-hybridized carbons (Fsp3) is 0.0426. The predicted molar refractivity (Wildman–Crippen MR) is 208 cm³/mol. The van der Waals surface area contributed by atoms with Gasteiger partial charge in [0.15, 0.2) is 17.5 Å². The molecule has 1 aromatic heterocycles. The van der Waals surface area contributed by atoms with Crippen molar-refractivity contribution < 1.29 is 4.74 Å². The summed E-state index contributed by atoms with van der Waals surface area (Å²) in [4.78, 5) is 14.5. The van der Waals surface area contributed by atoms with Crippen LogP contribution in [0.15, 0.2) is 176 Å². The SMILES string of the molecule is Cc1ccc(-c2cc(-c3ccc(C)cc3)cc(-c3ccc(Oc4ccc(-c5nc(-c6ccccc6)nc(-c6ccccc6)n5)cc4)cc3)c2)cc1. The van der Waals surface area contributed by atoms with Crippen LogP contribution >= 0.6 is 0 Å². The summed E-state index contributed by atoms with van der Waals surface area (Å²) in [5.41, 5.74) is 12.3. The van der Waals surface area contributed by atoms with E-state index in [0.29, 0.717) is 17.5 Å². The maximum Gasteiger partial charge on any atom is 0.164 e. The standard InChI is InChI=1S/C47H35N3O/c1-32-13-17-34(18-14-32)40-29-41(35-19-15-33(2)16-20-35)31-42(30-40)36-21-25-43(26-22-36)51-44-27-23-39(24-28-44)47-49-45(37-9-5-3-6-10-37)48-46(50-47)38-11-7-4-8-12-38/h3-31H,1-2H3. The molecule has 0 aliphatic carbocycles. The fourth-order valence-electron chi connectivity index (χ4n) is 6.08. The lowest BCUT2D eigenvalue weighted by atomic mass is 9.93. The maximum absolute atomic E-state index is 6.30. The third-order valence-electron chi connectivity index (χ3n) is 8.94. The molecule has 4 heteroatoms. The fourth-order valence-corrected chi connectivity index (χ4v) is 6.08. The summed E-state index contributed by atoms with van der Waals surface area (Å²) in [5.74, 6) is 3.37. The summed E-state index contributed by atoms with van der Waals surface area (Å²) in [6.07, 6.45) is 0. The molecule has 7 aromatic carbocycles. The molecular formula is C47H35N3O. The molecule has 0 aliphatic rings. The molecule has 1 heterocycles. The van der Waals surface area contributed by atoms with E-state index < -0.39 is 0 Å². The minimum Gasteiger partial charge on any atom is -0.457 e. The second kappa shape index (κ2) is 14.1. The molecule has 244 valence electrons. The second-order valence-electron chi connectivity index (χ2n) is 12.7. The Hall–Kier alpha value is -6.65. The van der Waals surface area contributed by atoms with Crippen LogP contribution in [0, 0.1) is 13.8 Å². The van der Waals surface area contributed by atoms with Crippen molar-refractivity contribution in [1.82, 2.24) is 15.0 Å². The Bertz CT molecular complexity index is 2280. The van der Waals surface area contributed by atoms with E-state index in [4.69, 9.17) is 19.7 Å². The minimum absolute atomic E-state index is 0.608. The van der Waals surface area contributed by atoms with E-state index >= 15 is 0 Å². The average molecular weight is 658 g/mol. The molecule has 0 radical (unpaired) electrons. The quantitative estimate of drug-likeness (QED) is 0.163. The van der Waals surface area contributed by atoms with Crippen LogP contribution in [-0.4, -0.2) is 15.0 Å². The van der Waals surface area contributed by atoms with E-state index in [9.17, 15) is 0 Å². The zero-order chi connectivity index (χ0) is 34.6. The first-order chi connectivity index (χ1) is 25.0. The van der Waals surface area contributed by atoms with Crippen molar-refractivity contribution in [3.05, 3.63) is 187 Å². The first-order valence-electron chi connectivity index (χ1n) is 17.1. The topological polar surface area (TPSA) is 47.9 Å². The van der Waals surface area contributed by atoms with Gasteiger partial charge in [0.05, 0.1) is 0 Å². The van der Waals surface area contributed by atoms with E-state index in [2.05, 4.69) is 92.7 Å². The monoisotopic (exact) mass is 657 g/mol. The molecule has 8 rings (SSSR count). The van der Waals surface area contributed by atoms with Crippen molar-refractivity contribution in [2.24, 2.45) is 0 Å². The number of hydrogen-bond donors (Lipinski definition) is 0. The van der Waals surface area contributed by atoms with Crippen LogP contribution in [0.25, 0.3) is 67.5 Å². The summed E-state index contributed by atoms with van der Waals surface area (Å²) < 4.78 is 6.30.